The van der Waals surface area contributed by atoms with E-state index in [2.05, 4.69) is 28.2 Å². The summed E-state index contributed by atoms with van der Waals surface area (Å²) in [5, 5.41) is 3.06. The second kappa shape index (κ2) is 8.51. The van der Waals surface area contributed by atoms with Crippen LogP contribution in [0.25, 0.3) is 0 Å². The molecule has 1 aliphatic heterocycles. The molecule has 2 rings (SSSR count). The SMILES string of the molecule is CN1CCN(CC(=O)NCCC2=CCCCC2)C(CN)C1. The van der Waals surface area contributed by atoms with E-state index in [-0.39, 0.29) is 5.91 Å². The number of nitrogens with zero attached hydrogens (tertiary/aromatic N) is 2. The number of carbonyl (C=O) groups is 1. The summed E-state index contributed by atoms with van der Waals surface area (Å²) in [5.41, 5.74) is 7.34. The predicted molar refractivity (Wildman–Crippen MR) is 86.1 cm³/mol. The number of allylic oxidation sites excluding steroid dienone is 1. The number of amides is 1. The smallest absolute Gasteiger partial charge is 0.234 e. The molecule has 0 spiro atoms. The number of carbonyl (C=O) groups excluding carboxylic acids is 1. The van der Waals surface area contributed by atoms with Crippen LogP contribution in [0.4, 0.5) is 0 Å². The van der Waals surface area contributed by atoms with Crippen LogP contribution in [0.15, 0.2) is 11.6 Å². The summed E-state index contributed by atoms with van der Waals surface area (Å²) in [7, 11) is 2.11. The van der Waals surface area contributed by atoms with E-state index in [0.29, 0.717) is 19.1 Å². The Morgan fingerprint density at radius 1 is 1.43 bits per heavy atom. The molecule has 1 saturated heterocycles. The first kappa shape index (κ1) is 16.5. The molecular weight excluding hydrogens is 264 g/mol. The molecule has 5 heteroatoms. The van der Waals surface area contributed by atoms with E-state index in [1.54, 1.807) is 0 Å². The van der Waals surface area contributed by atoms with E-state index in [1.807, 2.05) is 0 Å². The average molecular weight is 294 g/mol. The molecule has 0 saturated carbocycles. The van der Waals surface area contributed by atoms with Crippen LogP contribution in [-0.4, -0.2) is 68.1 Å². The van der Waals surface area contributed by atoms with Gasteiger partial charge in [0.25, 0.3) is 0 Å². The zero-order chi connectivity index (χ0) is 15.1. The Morgan fingerprint density at radius 2 is 2.29 bits per heavy atom. The summed E-state index contributed by atoms with van der Waals surface area (Å²) in [6.45, 7) is 4.76. The van der Waals surface area contributed by atoms with Gasteiger partial charge in [-0.05, 0) is 39.2 Å². The average Bonchev–Trinajstić information content (AvgIpc) is 2.50. The van der Waals surface area contributed by atoms with E-state index < -0.39 is 0 Å². The van der Waals surface area contributed by atoms with Gasteiger partial charge in [0.2, 0.25) is 5.91 Å². The summed E-state index contributed by atoms with van der Waals surface area (Å²) in [4.78, 5) is 16.6. The third-order valence-electron chi connectivity index (χ3n) is 4.58. The first-order valence-corrected chi connectivity index (χ1v) is 8.26. The van der Waals surface area contributed by atoms with E-state index in [1.165, 1.54) is 31.3 Å². The predicted octanol–water partition coefficient (Wildman–Crippen LogP) is 0.568. The molecule has 1 amide bonds. The lowest BCUT2D eigenvalue weighted by Gasteiger charge is -2.39. The Kier molecular flexibility index (Phi) is 6.67. The molecule has 3 N–H and O–H groups in total. The molecule has 1 fully saturated rings. The molecule has 2 aliphatic rings. The van der Waals surface area contributed by atoms with Gasteiger partial charge >= 0.3 is 0 Å². The number of nitrogens with one attached hydrogen (secondary N) is 1. The first-order valence-electron chi connectivity index (χ1n) is 8.26. The van der Waals surface area contributed by atoms with Crippen molar-refractivity contribution in [1.82, 2.24) is 15.1 Å². The Hall–Kier alpha value is -0.910. The minimum atomic E-state index is 0.134. The third-order valence-corrected chi connectivity index (χ3v) is 4.58. The fraction of sp³-hybridized carbons (Fsp3) is 0.812. The normalized spacial score (nSPS) is 24.7. The Balaban J connectivity index is 1.67. The van der Waals surface area contributed by atoms with Crippen LogP contribution in [0.5, 0.6) is 0 Å². The molecule has 1 aliphatic carbocycles. The van der Waals surface area contributed by atoms with Crippen LogP contribution in [0.1, 0.15) is 32.1 Å². The third kappa shape index (κ3) is 5.41. The Morgan fingerprint density at radius 3 is 3.00 bits per heavy atom. The summed E-state index contributed by atoms with van der Waals surface area (Å²) in [6.07, 6.45) is 8.40. The van der Waals surface area contributed by atoms with Crippen LogP contribution >= 0.6 is 0 Å². The van der Waals surface area contributed by atoms with Crippen molar-refractivity contribution in [3.63, 3.8) is 0 Å². The number of rotatable bonds is 6. The van der Waals surface area contributed by atoms with Gasteiger partial charge in [-0.1, -0.05) is 11.6 Å². The van der Waals surface area contributed by atoms with Crippen LogP contribution in [0.3, 0.4) is 0 Å². The van der Waals surface area contributed by atoms with Crippen molar-refractivity contribution < 1.29 is 4.79 Å². The van der Waals surface area contributed by atoms with Gasteiger partial charge in [0.15, 0.2) is 0 Å². The number of hydrogen-bond donors (Lipinski definition) is 2. The maximum Gasteiger partial charge on any atom is 0.234 e. The number of piperazine rings is 1. The summed E-state index contributed by atoms with van der Waals surface area (Å²) >= 11 is 0. The molecule has 0 aromatic heterocycles. The largest absolute Gasteiger partial charge is 0.355 e. The highest BCUT2D eigenvalue weighted by Gasteiger charge is 2.25. The number of likely N-dealkylation sites (N-methyl/N-ethyl adjacent to an activating group) is 1. The van der Waals surface area contributed by atoms with Crippen molar-refractivity contribution in [2.75, 3.05) is 46.3 Å². The van der Waals surface area contributed by atoms with Gasteiger partial charge in [-0.15, -0.1) is 0 Å². The number of nitrogens with two attached hydrogens (primary N) is 1. The highest BCUT2D eigenvalue weighted by molar-refractivity contribution is 5.78. The summed E-state index contributed by atoms with van der Waals surface area (Å²) in [6, 6.07) is 0.301. The van der Waals surface area contributed by atoms with Gasteiger partial charge in [-0.25, -0.2) is 0 Å². The van der Waals surface area contributed by atoms with Gasteiger partial charge in [0.05, 0.1) is 6.54 Å². The zero-order valence-corrected chi connectivity index (χ0v) is 13.3. The van der Waals surface area contributed by atoms with Gasteiger partial charge in [-0.2, -0.15) is 0 Å². The van der Waals surface area contributed by atoms with Crippen molar-refractivity contribution in [3.8, 4) is 0 Å². The van der Waals surface area contributed by atoms with E-state index >= 15 is 0 Å². The fourth-order valence-electron chi connectivity index (χ4n) is 3.21. The molecular formula is C16H30N4O. The van der Waals surface area contributed by atoms with Crippen LogP contribution in [0, 0.1) is 0 Å². The second-order valence-corrected chi connectivity index (χ2v) is 6.33. The molecule has 1 heterocycles. The van der Waals surface area contributed by atoms with Gasteiger partial charge in [0.1, 0.15) is 0 Å². The highest BCUT2D eigenvalue weighted by Crippen LogP contribution is 2.19. The second-order valence-electron chi connectivity index (χ2n) is 6.33. The van der Waals surface area contributed by atoms with Crippen molar-refractivity contribution in [1.29, 1.82) is 0 Å². The lowest BCUT2D eigenvalue weighted by Crippen LogP contribution is -2.56. The van der Waals surface area contributed by atoms with Crippen LogP contribution in [-0.2, 0) is 4.79 Å². The summed E-state index contributed by atoms with van der Waals surface area (Å²) < 4.78 is 0. The van der Waals surface area contributed by atoms with Crippen LogP contribution in [0.2, 0.25) is 0 Å². The summed E-state index contributed by atoms with van der Waals surface area (Å²) in [5.74, 6) is 0.134. The van der Waals surface area contributed by atoms with E-state index in [0.717, 1.165) is 32.6 Å². The minimum Gasteiger partial charge on any atom is -0.355 e. The van der Waals surface area contributed by atoms with Gasteiger partial charge in [0, 0.05) is 38.8 Å². The van der Waals surface area contributed by atoms with Crippen molar-refractivity contribution in [2.45, 2.75) is 38.1 Å². The van der Waals surface area contributed by atoms with Gasteiger partial charge < -0.3 is 16.0 Å². The topological polar surface area (TPSA) is 61.6 Å². The minimum absolute atomic E-state index is 0.134. The van der Waals surface area contributed by atoms with Crippen molar-refractivity contribution >= 4 is 5.91 Å². The maximum absolute atomic E-state index is 12.1. The number of hydrogen-bond acceptors (Lipinski definition) is 4. The Labute approximate surface area is 128 Å². The monoisotopic (exact) mass is 294 g/mol. The zero-order valence-electron chi connectivity index (χ0n) is 13.3. The van der Waals surface area contributed by atoms with E-state index in [4.69, 9.17) is 5.73 Å². The lowest BCUT2D eigenvalue weighted by atomic mass is 9.97. The quantitative estimate of drug-likeness (QED) is 0.703. The molecule has 0 bridgehead atoms. The molecule has 5 nitrogen and oxygen atoms in total. The first-order chi connectivity index (χ1) is 10.2. The molecule has 0 aromatic rings. The maximum atomic E-state index is 12.1. The molecule has 0 radical (unpaired) electrons. The van der Waals surface area contributed by atoms with E-state index in [9.17, 15) is 4.79 Å². The van der Waals surface area contributed by atoms with Crippen molar-refractivity contribution in [2.24, 2.45) is 5.73 Å². The molecule has 0 aromatic carbocycles. The molecule has 21 heavy (non-hydrogen) atoms. The molecule has 1 atom stereocenters. The standard InChI is InChI=1S/C16H30N4O/c1-19-9-10-20(15(11-17)12-19)13-16(21)18-8-7-14-5-3-2-4-6-14/h5,15H,2-4,6-13,17H2,1H3,(H,18,21). The Bertz CT molecular complexity index is 369. The fourth-order valence-corrected chi connectivity index (χ4v) is 3.21. The van der Waals surface area contributed by atoms with Gasteiger partial charge in [-0.3, -0.25) is 9.69 Å². The van der Waals surface area contributed by atoms with Crippen LogP contribution < -0.4 is 11.1 Å². The van der Waals surface area contributed by atoms with Crippen molar-refractivity contribution in [3.05, 3.63) is 11.6 Å². The molecule has 120 valence electrons. The highest BCUT2D eigenvalue weighted by atomic mass is 16.2. The lowest BCUT2D eigenvalue weighted by molar-refractivity contribution is -0.123. The molecule has 1 unspecified atom stereocenters.